The molecule has 0 radical (unpaired) electrons. The van der Waals surface area contributed by atoms with Gasteiger partial charge in [-0.05, 0) is 47.5 Å². The predicted molar refractivity (Wildman–Crippen MR) is 109 cm³/mol. The molecule has 0 aromatic rings. The molecular weight excluding hydrogens is 356 g/mol. The van der Waals surface area contributed by atoms with Crippen molar-refractivity contribution < 1.29 is 18.9 Å². The number of nitrogens with zero attached hydrogens (tertiary/aromatic N) is 2. The second-order valence-corrected chi connectivity index (χ2v) is 11.1. The maximum atomic E-state index is 6.39. The van der Waals surface area contributed by atoms with Gasteiger partial charge < -0.3 is 18.9 Å². The van der Waals surface area contributed by atoms with Crippen LogP contribution >= 0.6 is 0 Å². The molecule has 162 valence electrons. The van der Waals surface area contributed by atoms with Crippen molar-refractivity contribution in [3.8, 4) is 0 Å². The molecule has 4 aliphatic heterocycles. The van der Waals surface area contributed by atoms with Crippen molar-refractivity contribution in [2.24, 2.45) is 5.92 Å². The minimum atomic E-state index is -0.116. The summed E-state index contributed by atoms with van der Waals surface area (Å²) < 4.78 is 24.2. The lowest BCUT2D eigenvalue weighted by molar-refractivity contribution is -0.191. The average molecular weight is 397 g/mol. The third kappa shape index (κ3) is 3.25. The third-order valence-electron chi connectivity index (χ3n) is 7.83. The Kier molecular flexibility index (Phi) is 5.17. The van der Waals surface area contributed by atoms with Gasteiger partial charge in [0.2, 0.25) is 0 Å². The fraction of sp³-hybridized carbons (Fsp3) is 1.00. The van der Waals surface area contributed by atoms with Gasteiger partial charge in [0, 0.05) is 57.4 Å². The molecule has 6 nitrogen and oxygen atoms in total. The summed E-state index contributed by atoms with van der Waals surface area (Å²) in [6, 6.07) is 0. The molecule has 0 aromatic heterocycles. The molecule has 0 aromatic carbocycles. The Hall–Kier alpha value is -0.240. The first-order valence-corrected chi connectivity index (χ1v) is 10.9. The highest BCUT2D eigenvalue weighted by Crippen LogP contribution is 2.47. The van der Waals surface area contributed by atoms with E-state index in [0.29, 0.717) is 5.92 Å². The fourth-order valence-electron chi connectivity index (χ4n) is 5.94. The maximum Gasteiger partial charge on any atom is 0.120 e. The Balaban J connectivity index is 1.36. The molecule has 0 saturated carbocycles. The zero-order chi connectivity index (χ0) is 20.4. The first-order chi connectivity index (χ1) is 13.1. The molecule has 1 unspecified atom stereocenters. The van der Waals surface area contributed by atoms with Crippen LogP contribution in [-0.4, -0.2) is 97.9 Å². The van der Waals surface area contributed by atoms with Crippen LogP contribution < -0.4 is 0 Å². The van der Waals surface area contributed by atoms with Crippen molar-refractivity contribution in [3.63, 3.8) is 0 Å². The number of hydrogen-bond donors (Lipinski definition) is 0. The highest BCUT2D eigenvalue weighted by molar-refractivity contribution is 5.14. The molecule has 4 heterocycles. The van der Waals surface area contributed by atoms with Crippen molar-refractivity contribution in [2.75, 3.05) is 53.6 Å². The van der Waals surface area contributed by atoms with Gasteiger partial charge in [0.25, 0.3) is 0 Å². The maximum absolute atomic E-state index is 6.39. The summed E-state index contributed by atoms with van der Waals surface area (Å²) in [7, 11) is 3.67. The molecule has 0 amide bonds. The largest absolute Gasteiger partial charge is 0.378 e. The van der Waals surface area contributed by atoms with Crippen LogP contribution in [0.5, 0.6) is 0 Å². The molecule has 0 bridgehead atoms. The van der Waals surface area contributed by atoms with Crippen LogP contribution in [-0.2, 0) is 18.9 Å². The van der Waals surface area contributed by atoms with E-state index in [4.69, 9.17) is 18.9 Å². The van der Waals surface area contributed by atoms with E-state index in [1.165, 1.54) is 0 Å². The topological polar surface area (TPSA) is 43.4 Å². The molecular formula is C22H40N2O4. The van der Waals surface area contributed by atoms with Crippen LogP contribution in [0.3, 0.4) is 0 Å². The summed E-state index contributed by atoms with van der Waals surface area (Å²) in [6.45, 7) is 17.0. The first kappa shape index (κ1) is 21.0. The van der Waals surface area contributed by atoms with Crippen LogP contribution in [0.15, 0.2) is 0 Å². The van der Waals surface area contributed by atoms with Crippen LogP contribution in [0.2, 0.25) is 0 Å². The second kappa shape index (κ2) is 6.89. The zero-order valence-electron chi connectivity index (χ0n) is 18.9. The van der Waals surface area contributed by atoms with Crippen molar-refractivity contribution in [1.82, 2.24) is 9.80 Å². The summed E-state index contributed by atoms with van der Waals surface area (Å²) in [4.78, 5) is 5.05. The number of hydrogen-bond acceptors (Lipinski definition) is 6. The van der Waals surface area contributed by atoms with Gasteiger partial charge in [-0.25, -0.2) is 0 Å². The van der Waals surface area contributed by atoms with Gasteiger partial charge in [-0.15, -0.1) is 0 Å². The van der Waals surface area contributed by atoms with E-state index in [1.54, 1.807) is 0 Å². The first-order valence-electron chi connectivity index (χ1n) is 10.9. The van der Waals surface area contributed by atoms with E-state index < -0.39 is 0 Å². The van der Waals surface area contributed by atoms with Crippen LogP contribution in [0.4, 0.5) is 0 Å². The molecule has 28 heavy (non-hydrogen) atoms. The Morgan fingerprint density at radius 2 is 1.54 bits per heavy atom. The van der Waals surface area contributed by atoms with Gasteiger partial charge in [-0.3, -0.25) is 9.80 Å². The van der Waals surface area contributed by atoms with Gasteiger partial charge in [0.15, 0.2) is 0 Å². The van der Waals surface area contributed by atoms with Crippen molar-refractivity contribution in [2.45, 2.75) is 81.9 Å². The molecule has 4 aliphatic rings. The van der Waals surface area contributed by atoms with Crippen LogP contribution in [0.25, 0.3) is 0 Å². The fourth-order valence-corrected chi connectivity index (χ4v) is 5.94. The molecule has 4 saturated heterocycles. The zero-order valence-corrected chi connectivity index (χ0v) is 18.9. The van der Waals surface area contributed by atoms with Crippen LogP contribution in [0.1, 0.15) is 47.5 Å². The number of rotatable bonds is 5. The molecule has 4 fully saturated rings. The third-order valence-corrected chi connectivity index (χ3v) is 7.83. The second-order valence-electron chi connectivity index (χ2n) is 11.1. The number of likely N-dealkylation sites (tertiary alicyclic amines) is 2. The molecule has 0 N–H and O–H groups in total. The summed E-state index contributed by atoms with van der Waals surface area (Å²) in [6.07, 6.45) is 2.51. The monoisotopic (exact) mass is 396 g/mol. The van der Waals surface area contributed by atoms with E-state index >= 15 is 0 Å². The summed E-state index contributed by atoms with van der Waals surface area (Å²) in [5, 5.41) is 0. The Bertz CT molecular complexity index is 576. The van der Waals surface area contributed by atoms with Gasteiger partial charge in [-0.2, -0.15) is 0 Å². The van der Waals surface area contributed by atoms with Gasteiger partial charge >= 0.3 is 0 Å². The summed E-state index contributed by atoms with van der Waals surface area (Å²) >= 11 is 0. The Labute approximate surface area is 170 Å². The highest BCUT2D eigenvalue weighted by atomic mass is 16.6. The van der Waals surface area contributed by atoms with Crippen molar-refractivity contribution in [3.05, 3.63) is 0 Å². The molecule has 6 heteroatoms. The SMILES string of the molecule is CO[C@@H]1CCOC12CN(C(C)(C)CC1COC3(CN(C(C)(C)C)C3)[C@H]1OC)C2. The minimum Gasteiger partial charge on any atom is -0.378 e. The number of ether oxygens (including phenoxy) is 4. The lowest BCUT2D eigenvalue weighted by Gasteiger charge is -2.57. The molecule has 0 aliphatic carbocycles. The minimum absolute atomic E-state index is 0.0821. The Morgan fingerprint density at radius 1 is 0.893 bits per heavy atom. The average Bonchev–Trinajstić information content (AvgIpc) is 3.11. The smallest absolute Gasteiger partial charge is 0.120 e. The van der Waals surface area contributed by atoms with Crippen molar-refractivity contribution in [1.29, 1.82) is 0 Å². The van der Waals surface area contributed by atoms with E-state index in [2.05, 4.69) is 44.4 Å². The summed E-state index contributed by atoms with van der Waals surface area (Å²) in [5.41, 5.74) is 0.0879. The van der Waals surface area contributed by atoms with Gasteiger partial charge in [0.1, 0.15) is 11.2 Å². The molecule has 3 atom stereocenters. The normalized spacial score (nSPS) is 35.5. The van der Waals surface area contributed by atoms with Gasteiger partial charge in [-0.1, -0.05) is 0 Å². The lowest BCUT2D eigenvalue weighted by atomic mass is 9.75. The van der Waals surface area contributed by atoms with Crippen molar-refractivity contribution >= 4 is 0 Å². The predicted octanol–water partition coefficient (Wildman–Crippen LogP) is 2.16. The molecule has 4 rings (SSSR count). The Morgan fingerprint density at radius 3 is 2.11 bits per heavy atom. The standard InChI is InChI=1S/C22H40N2O4/c1-19(2,3)23-14-22(15-23)18(26-7)16(11-28-22)10-20(4,5)24-12-21(13-24)17(25-6)8-9-27-21/h16-18H,8-15H2,1-7H3/t16?,17-,18+/m1/s1. The summed E-state index contributed by atoms with van der Waals surface area (Å²) in [5.74, 6) is 0.432. The van der Waals surface area contributed by atoms with E-state index in [1.807, 2.05) is 14.2 Å². The van der Waals surface area contributed by atoms with E-state index in [0.717, 1.165) is 52.2 Å². The number of methoxy groups -OCH3 is 2. The van der Waals surface area contributed by atoms with E-state index in [-0.39, 0.29) is 34.5 Å². The van der Waals surface area contributed by atoms with Gasteiger partial charge in [0.05, 0.1) is 25.4 Å². The highest BCUT2D eigenvalue weighted by Gasteiger charge is 2.61. The molecule has 2 spiro atoms. The van der Waals surface area contributed by atoms with Crippen LogP contribution in [0, 0.1) is 5.92 Å². The van der Waals surface area contributed by atoms with E-state index in [9.17, 15) is 0 Å². The lowest BCUT2D eigenvalue weighted by Crippen LogP contribution is -2.72. The quantitative estimate of drug-likeness (QED) is 0.710.